The van der Waals surface area contributed by atoms with Crippen molar-refractivity contribution in [3.05, 3.63) is 71.4 Å². The van der Waals surface area contributed by atoms with Crippen LogP contribution in [0.4, 0.5) is 0 Å². The van der Waals surface area contributed by atoms with Gasteiger partial charge in [-0.15, -0.1) is 0 Å². The fourth-order valence-electron chi connectivity index (χ4n) is 5.69. The Kier molecular flexibility index (Phi) is 5.72. The lowest BCUT2D eigenvalue weighted by Gasteiger charge is -2.42. The van der Waals surface area contributed by atoms with Gasteiger partial charge in [0.05, 0.1) is 11.7 Å². The largest absolute Gasteiger partial charge is 0.459 e. The van der Waals surface area contributed by atoms with Gasteiger partial charge in [-0.1, -0.05) is 62.4 Å². The number of fused-ring (bicyclic) bond motifs is 4. The zero-order valence-corrected chi connectivity index (χ0v) is 20.4. The van der Waals surface area contributed by atoms with Crippen LogP contribution in [0.2, 0.25) is 0 Å². The molecule has 6 heteroatoms. The maximum Gasteiger partial charge on any atom is 0.329 e. The maximum atomic E-state index is 13.9. The Morgan fingerprint density at radius 2 is 1.82 bits per heavy atom. The number of esters is 1. The van der Waals surface area contributed by atoms with Gasteiger partial charge in [0.1, 0.15) is 12.6 Å². The first kappa shape index (κ1) is 22.7. The SMILES string of the molecule is CC(C)C[C@@H](C(=O)OCc1ccccc1)N1C(=O)[C@@H]2Cc3c([nH]c4ccccc34)CN2C1(C)C. The van der Waals surface area contributed by atoms with Crippen LogP contribution in [-0.2, 0) is 33.9 Å². The van der Waals surface area contributed by atoms with Gasteiger partial charge in [0.15, 0.2) is 0 Å². The van der Waals surface area contributed by atoms with E-state index in [1.807, 2.05) is 42.5 Å². The highest BCUT2D eigenvalue weighted by Crippen LogP contribution is 2.42. The van der Waals surface area contributed by atoms with Crippen molar-refractivity contribution in [2.45, 2.75) is 71.4 Å². The van der Waals surface area contributed by atoms with Gasteiger partial charge in [-0.25, -0.2) is 4.79 Å². The Morgan fingerprint density at radius 3 is 2.56 bits per heavy atom. The number of benzene rings is 2. The van der Waals surface area contributed by atoms with Crippen LogP contribution in [0.15, 0.2) is 54.6 Å². The smallest absolute Gasteiger partial charge is 0.329 e. The molecule has 0 bridgehead atoms. The van der Waals surface area contributed by atoms with Crippen molar-refractivity contribution in [2.24, 2.45) is 5.92 Å². The van der Waals surface area contributed by atoms with Crippen LogP contribution >= 0.6 is 0 Å². The third kappa shape index (κ3) is 3.80. The Morgan fingerprint density at radius 1 is 1.12 bits per heavy atom. The number of H-pyrrole nitrogens is 1. The van der Waals surface area contributed by atoms with Gasteiger partial charge < -0.3 is 14.6 Å². The molecule has 5 rings (SSSR count). The van der Waals surface area contributed by atoms with E-state index < -0.39 is 11.7 Å². The van der Waals surface area contributed by atoms with Crippen molar-refractivity contribution in [1.82, 2.24) is 14.8 Å². The van der Waals surface area contributed by atoms with Crippen molar-refractivity contribution < 1.29 is 14.3 Å². The lowest BCUT2D eigenvalue weighted by Crippen LogP contribution is -2.56. The molecule has 2 aromatic carbocycles. The fraction of sp³-hybridized carbons (Fsp3) is 0.429. The molecule has 0 unspecified atom stereocenters. The molecule has 1 amide bonds. The highest BCUT2D eigenvalue weighted by molar-refractivity contribution is 5.92. The first-order valence-electron chi connectivity index (χ1n) is 12.2. The molecule has 1 fully saturated rings. The van der Waals surface area contributed by atoms with E-state index in [1.165, 1.54) is 10.9 Å². The predicted molar refractivity (Wildman–Crippen MR) is 132 cm³/mol. The van der Waals surface area contributed by atoms with E-state index in [2.05, 4.69) is 49.7 Å². The number of ether oxygens (including phenoxy) is 1. The number of amides is 1. The summed E-state index contributed by atoms with van der Waals surface area (Å²) in [5, 5.41) is 1.18. The summed E-state index contributed by atoms with van der Waals surface area (Å²) < 4.78 is 5.75. The number of carbonyl (C=O) groups excluding carboxylic acids is 2. The number of rotatable bonds is 6. The van der Waals surface area contributed by atoms with E-state index in [1.54, 1.807) is 4.90 Å². The van der Waals surface area contributed by atoms with E-state index in [0.717, 1.165) is 16.8 Å². The maximum absolute atomic E-state index is 13.9. The topological polar surface area (TPSA) is 65.6 Å². The molecule has 1 N–H and O–H groups in total. The second kappa shape index (κ2) is 8.58. The van der Waals surface area contributed by atoms with Crippen LogP contribution in [0, 0.1) is 5.92 Å². The highest BCUT2D eigenvalue weighted by Gasteiger charge is 2.56. The molecular formula is C28H33N3O3. The normalized spacial score (nSPS) is 20.4. The number of aromatic amines is 1. The quantitative estimate of drug-likeness (QED) is 0.546. The Balaban J connectivity index is 1.43. The summed E-state index contributed by atoms with van der Waals surface area (Å²) >= 11 is 0. The second-order valence-electron chi connectivity index (χ2n) is 10.4. The van der Waals surface area contributed by atoms with Gasteiger partial charge in [-0.2, -0.15) is 0 Å². The summed E-state index contributed by atoms with van der Waals surface area (Å²) in [5.41, 5.74) is 3.82. The number of hydrogen-bond acceptors (Lipinski definition) is 4. The zero-order valence-electron chi connectivity index (χ0n) is 20.4. The van der Waals surface area contributed by atoms with Crippen LogP contribution in [0.3, 0.4) is 0 Å². The summed E-state index contributed by atoms with van der Waals surface area (Å²) in [4.78, 5) is 34.9. The Hall–Kier alpha value is -3.12. The summed E-state index contributed by atoms with van der Waals surface area (Å²) in [5.74, 6) is -0.0711. The minimum absolute atomic E-state index is 0.0169. The molecule has 2 atom stereocenters. The average Bonchev–Trinajstić information content (AvgIpc) is 3.27. The number of nitrogens with zero attached hydrogens (tertiary/aromatic N) is 2. The van der Waals surface area contributed by atoms with E-state index in [9.17, 15) is 9.59 Å². The van der Waals surface area contributed by atoms with Crippen LogP contribution in [0.25, 0.3) is 10.9 Å². The third-order valence-corrected chi connectivity index (χ3v) is 7.32. The van der Waals surface area contributed by atoms with Crippen molar-refractivity contribution >= 4 is 22.8 Å². The molecule has 34 heavy (non-hydrogen) atoms. The molecule has 3 aromatic rings. The van der Waals surface area contributed by atoms with Crippen molar-refractivity contribution in [3.63, 3.8) is 0 Å². The molecule has 3 heterocycles. The Labute approximate surface area is 200 Å². The van der Waals surface area contributed by atoms with Crippen molar-refractivity contribution in [1.29, 1.82) is 0 Å². The monoisotopic (exact) mass is 459 g/mol. The molecule has 0 spiro atoms. The van der Waals surface area contributed by atoms with Gasteiger partial charge >= 0.3 is 5.97 Å². The number of aromatic nitrogens is 1. The van der Waals surface area contributed by atoms with Crippen LogP contribution in [0.5, 0.6) is 0 Å². The molecule has 1 aromatic heterocycles. The Bertz CT molecular complexity index is 1210. The van der Waals surface area contributed by atoms with Crippen molar-refractivity contribution in [2.75, 3.05) is 0 Å². The van der Waals surface area contributed by atoms with Crippen molar-refractivity contribution in [3.8, 4) is 0 Å². The first-order chi connectivity index (χ1) is 16.3. The van der Waals surface area contributed by atoms with Gasteiger partial charge in [-0.05, 0) is 49.8 Å². The molecule has 2 aliphatic rings. The minimum atomic E-state index is -0.619. The van der Waals surface area contributed by atoms with Gasteiger partial charge in [-0.3, -0.25) is 9.69 Å². The number of para-hydroxylation sites is 1. The van der Waals surface area contributed by atoms with Crippen LogP contribution in [0.1, 0.15) is 50.9 Å². The summed E-state index contributed by atoms with van der Waals surface area (Å²) in [6.45, 7) is 9.12. The standard InChI is InChI=1S/C28H33N3O3/c1-18(2)14-25(27(33)34-17-19-10-6-5-7-11-19)31-26(32)24-15-21-20-12-8-9-13-22(20)29-23(21)16-30(24)28(31,3)4/h5-13,18,24-25,29H,14-17H2,1-4H3/t24-,25-/m0/s1. The average molecular weight is 460 g/mol. The minimum Gasteiger partial charge on any atom is -0.459 e. The molecule has 0 radical (unpaired) electrons. The summed E-state index contributed by atoms with van der Waals surface area (Å²) in [7, 11) is 0. The predicted octanol–water partition coefficient (Wildman–Crippen LogP) is 4.63. The molecule has 0 saturated carbocycles. The van der Waals surface area contributed by atoms with Gasteiger partial charge in [0, 0.05) is 23.1 Å². The molecule has 1 saturated heterocycles. The third-order valence-electron chi connectivity index (χ3n) is 7.32. The fourth-order valence-corrected chi connectivity index (χ4v) is 5.69. The first-order valence-corrected chi connectivity index (χ1v) is 12.2. The van der Waals surface area contributed by atoms with E-state index in [-0.39, 0.29) is 30.4 Å². The number of nitrogens with one attached hydrogen (secondary N) is 1. The van der Waals surface area contributed by atoms with Crippen LogP contribution < -0.4 is 0 Å². The second-order valence-corrected chi connectivity index (χ2v) is 10.4. The lowest BCUT2D eigenvalue weighted by atomic mass is 9.96. The van der Waals surface area contributed by atoms with E-state index in [0.29, 0.717) is 19.4 Å². The summed E-state index contributed by atoms with van der Waals surface area (Å²) in [6.07, 6.45) is 1.21. The molecule has 2 aliphatic heterocycles. The highest BCUT2D eigenvalue weighted by atomic mass is 16.5. The molecular weight excluding hydrogens is 426 g/mol. The van der Waals surface area contributed by atoms with E-state index >= 15 is 0 Å². The van der Waals surface area contributed by atoms with E-state index in [4.69, 9.17) is 4.74 Å². The molecule has 178 valence electrons. The molecule has 6 nitrogen and oxygen atoms in total. The van der Waals surface area contributed by atoms with Gasteiger partial charge in [0.25, 0.3) is 0 Å². The summed E-state index contributed by atoms with van der Waals surface area (Å²) in [6, 6.07) is 17.0. The molecule has 0 aliphatic carbocycles. The number of carbonyl (C=O) groups is 2. The number of hydrogen-bond donors (Lipinski definition) is 1. The zero-order chi connectivity index (χ0) is 24.0. The lowest BCUT2D eigenvalue weighted by molar-refractivity contribution is -0.160. The van der Waals surface area contributed by atoms with Crippen LogP contribution in [-0.4, -0.2) is 44.4 Å². The van der Waals surface area contributed by atoms with Gasteiger partial charge in [0.2, 0.25) is 5.91 Å².